The third kappa shape index (κ3) is 8.22. The van der Waals surface area contributed by atoms with Crippen LogP contribution in [0.4, 0.5) is 5.69 Å². The fraction of sp³-hybridized carbons (Fsp3) is 0.179. The minimum Gasteiger partial charge on any atom is -0.455 e. The molecule has 0 bridgehead atoms. The van der Waals surface area contributed by atoms with Crippen LogP contribution in [0.15, 0.2) is 121 Å². The Kier molecular flexibility index (Phi) is 11.3. The van der Waals surface area contributed by atoms with E-state index >= 15 is 0 Å². The molecule has 1 unspecified atom stereocenters. The van der Waals surface area contributed by atoms with Crippen LogP contribution in [0.1, 0.15) is 52.4 Å². The first kappa shape index (κ1) is 33.7. The molecule has 240 valence electrons. The molecule has 0 heterocycles. The van der Waals surface area contributed by atoms with Crippen molar-refractivity contribution in [1.82, 2.24) is 5.32 Å². The number of carbonyl (C=O) groups excluding carboxylic acids is 2. The molecule has 0 aliphatic heterocycles. The number of nitrogens with two attached hydrogens (primary N) is 1. The number of ether oxygens (including phenoxy) is 1. The number of nitrogens with zero attached hydrogens (tertiary/aromatic N) is 1. The van der Waals surface area contributed by atoms with Crippen LogP contribution in [0.2, 0.25) is 5.02 Å². The summed E-state index contributed by atoms with van der Waals surface area (Å²) in [7, 11) is 0. The van der Waals surface area contributed by atoms with Gasteiger partial charge in [-0.1, -0.05) is 90.5 Å². The molecule has 1 aliphatic carbocycles. The average molecular weight is 667 g/mol. The monoisotopic (exact) mass is 665 g/mol. The van der Waals surface area contributed by atoms with Gasteiger partial charge >= 0.3 is 0 Å². The van der Waals surface area contributed by atoms with Gasteiger partial charge in [0.15, 0.2) is 5.75 Å². The maximum atomic E-state index is 14.2. The van der Waals surface area contributed by atoms with Crippen LogP contribution in [0, 0.1) is 0 Å². The summed E-state index contributed by atoms with van der Waals surface area (Å²) in [5, 5.41) is 3.68. The molecule has 6 nitrogen and oxygen atoms in total. The van der Waals surface area contributed by atoms with Crippen LogP contribution < -0.4 is 20.7 Å². The molecule has 8 heteroatoms. The average Bonchev–Trinajstić information content (AvgIpc) is 3.50. The van der Waals surface area contributed by atoms with Crippen molar-refractivity contribution in [3.05, 3.63) is 149 Å². The number of hydrogen-bond acceptors (Lipinski definition) is 4. The topological polar surface area (TPSA) is 84.7 Å². The molecule has 5 aromatic carbocycles. The van der Waals surface area contributed by atoms with Crippen molar-refractivity contribution < 1.29 is 14.3 Å². The van der Waals surface area contributed by atoms with E-state index in [1.807, 2.05) is 91.0 Å². The van der Waals surface area contributed by atoms with E-state index in [9.17, 15) is 9.59 Å². The predicted octanol–water partition coefficient (Wildman–Crippen LogP) is 8.91. The van der Waals surface area contributed by atoms with Gasteiger partial charge in [-0.2, -0.15) is 0 Å². The Morgan fingerprint density at radius 3 is 2.38 bits per heavy atom. The van der Waals surface area contributed by atoms with E-state index in [0.717, 1.165) is 29.5 Å². The zero-order valence-electron chi connectivity index (χ0n) is 25.9. The van der Waals surface area contributed by atoms with Gasteiger partial charge < -0.3 is 20.7 Å². The fourth-order valence-electron chi connectivity index (χ4n) is 5.95. The van der Waals surface area contributed by atoms with Gasteiger partial charge in [-0.05, 0) is 83.5 Å². The van der Waals surface area contributed by atoms with Gasteiger partial charge in [-0.3, -0.25) is 9.59 Å². The van der Waals surface area contributed by atoms with E-state index in [4.69, 9.17) is 22.1 Å². The highest BCUT2D eigenvalue weighted by Gasteiger charge is 2.25. The molecule has 6 rings (SSSR count). The number of rotatable bonds is 11. The molecule has 1 aliphatic rings. The molecule has 5 aromatic rings. The number of nitrogens with one attached hydrogen (secondary N) is 1. The number of benzene rings is 5. The van der Waals surface area contributed by atoms with E-state index in [0.29, 0.717) is 47.3 Å². The normalized spacial score (nSPS) is 13.3. The second kappa shape index (κ2) is 15.8. The van der Waals surface area contributed by atoms with E-state index < -0.39 is 0 Å². The summed E-state index contributed by atoms with van der Waals surface area (Å²) in [6.45, 7) is 0.673. The molecule has 0 aromatic heterocycles. The zero-order valence-corrected chi connectivity index (χ0v) is 27.5. The van der Waals surface area contributed by atoms with Crippen molar-refractivity contribution in [2.45, 2.75) is 38.3 Å². The number of hydrogen-bond donors (Lipinski definition) is 2. The Labute approximate surface area is 286 Å². The molecular weight excluding hydrogens is 629 g/mol. The SMILES string of the molecule is Cl.NCc1cccc(Oc2cc(Cl)ccc2N(CCCC(=O)NC2CCc3ccccc32)C(=O)c2ccc(-c3ccccc3)cc2)c1. The zero-order chi connectivity index (χ0) is 31.9. The quantitative estimate of drug-likeness (QED) is 0.148. The number of fused-ring (bicyclic) bond motifs is 1. The number of aryl methyl sites for hydroxylation is 1. The summed E-state index contributed by atoms with van der Waals surface area (Å²) in [5.41, 5.74) is 12.4. The standard InChI is InChI=1S/C39H36ClN3O3.ClH/c40-32-20-22-36(37(25-32)46-33-12-6-8-27(24-33)26-41)43(39(45)31-17-15-29(16-18-31)28-9-2-1-3-10-28)23-7-14-38(44)42-35-21-19-30-11-4-5-13-34(30)35;/h1-6,8-13,15-18,20,22,24-25,35H,7,14,19,21,23,26,41H2,(H,42,44);1H. The van der Waals surface area contributed by atoms with Crippen molar-refractivity contribution >= 4 is 41.5 Å². The number of carbonyl (C=O) groups is 2. The van der Waals surface area contributed by atoms with Crippen molar-refractivity contribution in [3.8, 4) is 22.6 Å². The van der Waals surface area contributed by atoms with Gasteiger partial charge in [0.1, 0.15) is 5.75 Å². The maximum absolute atomic E-state index is 14.2. The van der Waals surface area contributed by atoms with Crippen LogP contribution in [0.25, 0.3) is 11.1 Å². The van der Waals surface area contributed by atoms with Gasteiger partial charge in [0.05, 0.1) is 11.7 Å². The molecular formula is C39H37Cl2N3O3. The van der Waals surface area contributed by atoms with Crippen LogP contribution in [-0.2, 0) is 17.8 Å². The molecule has 3 N–H and O–H groups in total. The number of amides is 2. The van der Waals surface area contributed by atoms with Crippen molar-refractivity contribution in [3.63, 3.8) is 0 Å². The van der Waals surface area contributed by atoms with Gasteiger partial charge in [0.2, 0.25) is 5.91 Å². The summed E-state index contributed by atoms with van der Waals surface area (Å²) < 4.78 is 6.31. The lowest BCUT2D eigenvalue weighted by atomic mass is 10.0. The summed E-state index contributed by atoms with van der Waals surface area (Å²) in [6.07, 6.45) is 2.59. The van der Waals surface area contributed by atoms with Crippen LogP contribution in [0.3, 0.4) is 0 Å². The highest BCUT2D eigenvalue weighted by molar-refractivity contribution is 6.30. The van der Waals surface area contributed by atoms with Crippen LogP contribution in [-0.4, -0.2) is 18.4 Å². The number of anilines is 1. The Morgan fingerprint density at radius 2 is 1.60 bits per heavy atom. The lowest BCUT2D eigenvalue weighted by molar-refractivity contribution is -0.121. The Bertz CT molecular complexity index is 1830. The van der Waals surface area contributed by atoms with E-state index in [-0.39, 0.29) is 36.7 Å². The first-order valence-corrected chi connectivity index (χ1v) is 16.0. The van der Waals surface area contributed by atoms with Crippen LogP contribution in [0.5, 0.6) is 11.5 Å². The molecule has 47 heavy (non-hydrogen) atoms. The summed E-state index contributed by atoms with van der Waals surface area (Å²) in [5.74, 6) is 0.783. The smallest absolute Gasteiger partial charge is 0.258 e. The highest BCUT2D eigenvalue weighted by Crippen LogP contribution is 2.37. The third-order valence-corrected chi connectivity index (χ3v) is 8.55. The minimum absolute atomic E-state index is 0. The second-order valence-electron chi connectivity index (χ2n) is 11.4. The summed E-state index contributed by atoms with van der Waals surface area (Å²) >= 11 is 6.42. The Hall–Kier alpha value is -4.62. The molecule has 0 saturated carbocycles. The number of halogens is 2. The van der Waals surface area contributed by atoms with E-state index in [1.165, 1.54) is 11.1 Å². The third-order valence-electron chi connectivity index (χ3n) is 8.31. The molecule has 0 fully saturated rings. The molecule has 0 saturated heterocycles. The first-order valence-electron chi connectivity index (χ1n) is 15.6. The van der Waals surface area contributed by atoms with Gasteiger partial charge in [-0.25, -0.2) is 0 Å². The Balaban J connectivity index is 0.00000433. The largest absolute Gasteiger partial charge is 0.455 e. The second-order valence-corrected chi connectivity index (χ2v) is 11.9. The fourth-order valence-corrected chi connectivity index (χ4v) is 6.11. The summed E-state index contributed by atoms with van der Waals surface area (Å²) in [6, 6.07) is 38.6. The first-order chi connectivity index (χ1) is 22.5. The maximum Gasteiger partial charge on any atom is 0.258 e. The van der Waals surface area contributed by atoms with Crippen molar-refractivity contribution in [2.75, 3.05) is 11.4 Å². The van der Waals surface area contributed by atoms with Crippen molar-refractivity contribution in [1.29, 1.82) is 0 Å². The predicted molar refractivity (Wildman–Crippen MR) is 192 cm³/mol. The lowest BCUT2D eigenvalue weighted by Gasteiger charge is -2.26. The molecule has 1 atom stereocenters. The van der Waals surface area contributed by atoms with Crippen LogP contribution >= 0.6 is 24.0 Å². The van der Waals surface area contributed by atoms with Gasteiger partial charge in [0, 0.05) is 36.2 Å². The molecule has 2 amide bonds. The van der Waals surface area contributed by atoms with E-state index in [2.05, 4.69) is 17.4 Å². The Morgan fingerprint density at radius 1 is 0.851 bits per heavy atom. The van der Waals surface area contributed by atoms with Gasteiger partial charge in [0.25, 0.3) is 5.91 Å². The molecule has 0 spiro atoms. The summed E-state index contributed by atoms with van der Waals surface area (Å²) in [4.78, 5) is 29.0. The van der Waals surface area contributed by atoms with Gasteiger partial charge in [-0.15, -0.1) is 12.4 Å². The highest BCUT2D eigenvalue weighted by atomic mass is 35.5. The molecule has 0 radical (unpaired) electrons. The van der Waals surface area contributed by atoms with E-state index in [1.54, 1.807) is 23.1 Å². The van der Waals surface area contributed by atoms with Crippen molar-refractivity contribution in [2.24, 2.45) is 5.73 Å². The lowest BCUT2D eigenvalue weighted by Crippen LogP contribution is -2.33. The minimum atomic E-state index is -0.201.